The quantitative estimate of drug-likeness (QED) is 0.582. The molecule has 7 nitrogen and oxygen atoms in total. The van der Waals surface area contributed by atoms with Gasteiger partial charge in [0.05, 0.1) is 17.1 Å². The molecule has 0 spiro atoms. The van der Waals surface area contributed by atoms with E-state index in [1.165, 1.54) is 4.68 Å². The van der Waals surface area contributed by atoms with Crippen molar-refractivity contribution in [2.75, 3.05) is 11.9 Å². The van der Waals surface area contributed by atoms with Crippen LogP contribution in [0.1, 0.15) is 39.3 Å². The second-order valence-corrected chi connectivity index (χ2v) is 4.97. The van der Waals surface area contributed by atoms with Crippen LogP contribution in [0.4, 0.5) is 11.5 Å². The maximum Gasteiger partial charge on any atom is 0.334 e. The molecule has 1 aromatic rings. The average Bonchev–Trinajstić information content (AvgIpc) is 2.66. The van der Waals surface area contributed by atoms with Crippen molar-refractivity contribution in [3.63, 3.8) is 0 Å². The fraction of sp³-hybridized carbons (Fsp3) is 0.750. The first-order valence-corrected chi connectivity index (χ1v) is 6.47. The number of anilines is 1. The number of aromatic nitrogens is 2. The van der Waals surface area contributed by atoms with Gasteiger partial charge in [0.15, 0.2) is 0 Å². The van der Waals surface area contributed by atoms with E-state index in [2.05, 4.69) is 10.4 Å². The van der Waals surface area contributed by atoms with Crippen LogP contribution < -0.4 is 5.32 Å². The zero-order valence-corrected chi connectivity index (χ0v) is 11.9. The van der Waals surface area contributed by atoms with E-state index in [-0.39, 0.29) is 12.3 Å². The highest BCUT2D eigenvalue weighted by atomic mass is 16.6. The molecule has 108 valence electrons. The number of aliphatic hydroxyl groups excluding tert-OH is 1. The number of rotatable bonds is 7. The van der Waals surface area contributed by atoms with Crippen molar-refractivity contribution in [1.82, 2.24) is 9.78 Å². The van der Waals surface area contributed by atoms with Crippen molar-refractivity contribution in [3.05, 3.63) is 15.8 Å². The topological polar surface area (TPSA) is 93.2 Å². The summed E-state index contributed by atoms with van der Waals surface area (Å²) in [4.78, 5) is 10.8. The number of nitrogens with one attached hydrogen (secondary N) is 1. The van der Waals surface area contributed by atoms with Crippen LogP contribution >= 0.6 is 0 Å². The Labute approximate surface area is 112 Å². The second-order valence-electron chi connectivity index (χ2n) is 4.97. The van der Waals surface area contributed by atoms with Gasteiger partial charge in [-0.05, 0) is 19.8 Å². The molecule has 0 aromatic carbocycles. The Morgan fingerprint density at radius 2 is 2.16 bits per heavy atom. The van der Waals surface area contributed by atoms with Crippen LogP contribution in [-0.2, 0) is 13.5 Å². The third-order valence-corrected chi connectivity index (χ3v) is 3.31. The summed E-state index contributed by atoms with van der Waals surface area (Å²) in [6.07, 6.45) is 2.01. The molecular formula is C12H22N4O3. The summed E-state index contributed by atoms with van der Waals surface area (Å²) in [6.45, 7) is 5.59. The Morgan fingerprint density at radius 1 is 1.53 bits per heavy atom. The van der Waals surface area contributed by atoms with Crippen LogP contribution in [0.3, 0.4) is 0 Å². The second kappa shape index (κ2) is 6.01. The maximum absolute atomic E-state index is 11.2. The van der Waals surface area contributed by atoms with Gasteiger partial charge < -0.3 is 10.4 Å². The number of hydrogen-bond acceptors (Lipinski definition) is 5. The molecule has 0 radical (unpaired) electrons. The van der Waals surface area contributed by atoms with E-state index in [9.17, 15) is 15.2 Å². The minimum atomic E-state index is -0.595. The van der Waals surface area contributed by atoms with E-state index in [4.69, 9.17) is 0 Å². The van der Waals surface area contributed by atoms with Gasteiger partial charge in [-0.3, -0.25) is 10.1 Å². The number of hydrogen-bond donors (Lipinski definition) is 2. The van der Waals surface area contributed by atoms with Crippen LogP contribution in [0.5, 0.6) is 0 Å². The molecule has 1 atom stereocenters. The normalized spacial score (nSPS) is 14.2. The van der Waals surface area contributed by atoms with Crippen molar-refractivity contribution in [2.24, 2.45) is 7.05 Å². The number of aryl methyl sites for hydroxylation is 2. The Kier molecular flexibility index (Phi) is 4.88. The van der Waals surface area contributed by atoms with Gasteiger partial charge in [0.25, 0.3) is 0 Å². The summed E-state index contributed by atoms with van der Waals surface area (Å²) in [5.41, 5.74) is -0.103. The molecule has 0 aliphatic rings. The van der Waals surface area contributed by atoms with E-state index < -0.39 is 10.5 Å². The number of aliphatic hydroxyl groups is 1. The zero-order valence-electron chi connectivity index (χ0n) is 11.9. The number of nitro groups is 1. The van der Waals surface area contributed by atoms with Crippen molar-refractivity contribution in [3.8, 4) is 0 Å². The predicted molar refractivity (Wildman–Crippen MR) is 73.3 cm³/mol. The molecule has 1 rings (SSSR count). The molecule has 0 saturated heterocycles. The largest absolute Gasteiger partial charge is 0.394 e. The fourth-order valence-corrected chi connectivity index (χ4v) is 1.83. The van der Waals surface area contributed by atoms with Gasteiger partial charge >= 0.3 is 5.69 Å². The van der Waals surface area contributed by atoms with Crippen LogP contribution in [0.15, 0.2) is 0 Å². The summed E-state index contributed by atoms with van der Waals surface area (Å²) in [6, 6.07) is 0. The van der Waals surface area contributed by atoms with Crippen molar-refractivity contribution in [1.29, 1.82) is 0 Å². The van der Waals surface area contributed by atoms with E-state index in [0.717, 1.165) is 6.42 Å². The van der Waals surface area contributed by atoms with E-state index in [1.54, 1.807) is 7.05 Å². The van der Waals surface area contributed by atoms with Gasteiger partial charge in [-0.2, -0.15) is 5.10 Å². The smallest absolute Gasteiger partial charge is 0.334 e. The molecule has 0 aliphatic heterocycles. The zero-order chi connectivity index (χ0) is 14.6. The first kappa shape index (κ1) is 15.4. The minimum Gasteiger partial charge on any atom is -0.394 e. The molecule has 7 heteroatoms. The Morgan fingerprint density at radius 3 is 2.58 bits per heavy atom. The Bertz CT molecular complexity index is 452. The molecule has 1 unspecified atom stereocenters. The molecule has 19 heavy (non-hydrogen) atoms. The first-order valence-electron chi connectivity index (χ1n) is 6.47. The predicted octanol–water partition coefficient (Wildman–Crippen LogP) is 1.85. The van der Waals surface area contributed by atoms with Gasteiger partial charge in [0.1, 0.15) is 5.69 Å². The average molecular weight is 270 g/mol. The lowest BCUT2D eigenvalue weighted by atomic mass is 10.0. The summed E-state index contributed by atoms with van der Waals surface area (Å²) in [7, 11) is 1.67. The molecule has 0 bridgehead atoms. The summed E-state index contributed by atoms with van der Waals surface area (Å²) < 4.78 is 1.48. The summed E-state index contributed by atoms with van der Waals surface area (Å²) in [5, 5.41) is 27.9. The van der Waals surface area contributed by atoms with Crippen LogP contribution in [-0.4, -0.2) is 32.0 Å². The monoisotopic (exact) mass is 270 g/mol. The summed E-state index contributed by atoms with van der Waals surface area (Å²) >= 11 is 0. The van der Waals surface area contributed by atoms with Crippen LogP contribution in [0, 0.1) is 10.1 Å². The van der Waals surface area contributed by atoms with E-state index >= 15 is 0 Å². The molecular weight excluding hydrogens is 248 g/mol. The van der Waals surface area contributed by atoms with E-state index in [1.807, 2.05) is 20.8 Å². The molecule has 0 fully saturated rings. The fourth-order valence-electron chi connectivity index (χ4n) is 1.83. The minimum absolute atomic E-state index is 0.0116. The number of nitrogens with zero attached hydrogens (tertiary/aromatic N) is 3. The SMILES string of the molecule is CCCc1nn(C)c(NC(C)(CC)CO)c1[N+](=O)[O-]. The van der Waals surface area contributed by atoms with Crippen molar-refractivity contribution < 1.29 is 10.0 Å². The van der Waals surface area contributed by atoms with E-state index in [0.29, 0.717) is 24.4 Å². The van der Waals surface area contributed by atoms with Crippen LogP contribution in [0.2, 0.25) is 0 Å². The molecule has 1 aromatic heterocycles. The van der Waals surface area contributed by atoms with Gasteiger partial charge in [-0.15, -0.1) is 0 Å². The Balaban J connectivity index is 3.22. The van der Waals surface area contributed by atoms with Gasteiger partial charge in [0.2, 0.25) is 5.82 Å². The lowest BCUT2D eigenvalue weighted by molar-refractivity contribution is -0.384. The summed E-state index contributed by atoms with van der Waals surface area (Å²) in [5.74, 6) is 0.354. The molecule has 0 aliphatic carbocycles. The highest BCUT2D eigenvalue weighted by molar-refractivity contribution is 5.61. The molecule has 1 heterocycles. The van der Waals surface area contributed by atoms with Gasteiger partial charge in [-0.1, -0.05) is 20.3 Å². The van der Waals surface area contributed by atoms with Gasteiger partial charge in [-0.25, -0.2) is 4.68 Å². The lowest BCUT2D eigenvalue weighted by Gasteiger charge is -2.27. The molecule has 0 saturated carbocycles. The third kappa shape index (κ3) is 3.23. The third-order valence-electron chi connectivity index (χ3n) is 3.31. The van der Waals surface area contributed by atoms with Crippen LogP contribution in [0.25, 0.3) is 0 Å². The lowest BCUT2D eigenvalue weighted by Crippen LogP contribution is -2.38. The maximum atomic E-state index is 11.2. The molecule has 2 N–H and O–H groups in total. The van der Waals surface area contributed by atoms with Crippen molar-refractivity contribution >= 4 is 11.5 Å². The molecule has 0 amide bonds. The standard InChI is InChI=1S/C12H22N4O3/c1-5-7-9-10(16(18)19)11(15(4)14-9)13-12(3,6-2)8-17/h13,17H,5-8H2,1-4H3. The Hall–Kier alpha value is -1.63. The van der Waals surface area contributed by atoms with Gasteiger partial charge in [0, 0.05) is 7.05 Å². The van der Waals surface area contributed by atoms with Crippen molar-refractivity contribution in [2.45, 2.75) is 45.6 Å². The highest BCUT2D eigenvalue weighted by Crippen LogP contribution is 2.31. The highest BCUT2D eigenvalue weighted by Gasteiger charge is 2.31. The first-order chi connectivity index (χ1) is 8.88.